The molecule has 0 radical (unpaired) electrons. The summed E-state index contributed by atoms with van der Waals surface area (Å²) in [5, 5.41) is 12.6. The number of ether oxygens (including phenoxy) is 1. The molecule has 1 saturated heterocycles. The monoisotopic (exact) mass is 443 g/mol. The molecule has 1 aliphatic heterocycles. The molecule has 0 amide bonds. The van der Waals surface area contributed by atoms with E-state index in [2.05, 4.69) is 5.32 Å². The zero-order chi connectivity index (χ0) is 23.0. The second-order valence-corrected chi connectivity index (χ2v) is 7.97. The zero-order valence-corrected chi connectivity index (χ0v) is 17.7. The van der Waals surface area contributed by atoms with Crippen molar-refractivity contribution < 1.29 is 23.4 Å². The number of benzene rings is 2. The van der Waals surface area contributed by atoms with E-state index in [1.165, 1.54) is 16.7 Å². The standard InChI is InChI=1S/C23H23F2N3O4/c1-12(26-19-4-3-14(24)9-17(19)23(30)31)16-10-15(25)11-18-20(16)27-21(28(2)22(18)29)13-5-7-32-8-6-13/h3-4,9-13,26H,5-8H2,1-2H3,(H,30,31)/t12-/m1/s1. The summed E-state index contributed by atoms with van der Waals surface area (Å²) >= 11 is 0. The molecule has 0 aliphatic carbocycles. The first-order valence-corrected chi connectivity index (χ1v) is 10.3. The van der Waals surface area contributed by atoms with Crippen LogP contribution < -0.4 is 10.9 Å². The highest BCUT2D eigenvalue weighted by Gasteiger charge is 2.24. The summed E-state index contributed by atoms with van der Waals surface area (Å²) in [5.74, 6) is -1.92. The fraction of sp³-hybridized carbons (Fsp3) is 0.348. The van der Waals surface area contributed by atoms with Crippen LogP contribution in [0.1, 0.15) is 53.5 Å². The fourth-order valence-electron chi connectivity index (χ4n) is 4.16. The number of hydrogen-bond acceptors (Lipinski definition) is 5. The van der Waals surface area contributed by atoms with Crippen LogP contribution in [0.2, 0.25) is 0 Å². The number of aromatic nitrogens is 2. The van der Waals surface area contributed by atoms with E-state index in [0.29, 0.717) is 30.1 Å². The predicted molar refractivity (Wildman–Crippen MR) is 115 cm³/mol. The number of halogens is 2. The summed E-state index contributed by atoms with van der Waals surface area (Å²) in [6, 6.07) is 5.20. The van der Waals surface area contributed by atoms with E-state index in [1.807, 2.05) is 0 Å². The van der Waals surface area contributed by atoms with Crippen LogP contribution in [0.15, 0.2) is 35.1 Å². The summed E-state index contributed by atoms with van der Waals surface area (Å²) < 4.78 is 34.9. The number of anilines is 1. The molecule has 3 aromatic rings. The molecule has 9 heteroatoms. The molecule has 0 unspecified atom stereocenters. The Labute approximate surface area is 182 Å². The van der Waals surface area contributed by atoms with Crippen LogP contribution in [0.5, 0.6) is 0 Å². The van der Waals surface area contributed by atoms with Crippen LogP contribution in [0.25, 0.3) is 10.9 Å². The van der Waals surface area contributed by atoms with Crippen LogP contribution in [0.3, 0.4) is 0 Å². The third-order valence-electron chi connectivity index (χ3n) is 5.85. The first-order chi connectivity index (χ1) is 15.3. The number of hydrogen-bond donors (Lipinski definition) is 2. The SMILES string of the molecule is C[C@@H](Nc1ccc(F)cc1C(=O)O)c1cc(F)cc2c(=O)n(C)c(C3CCOCC3)nc12. The average molecular weight is 443 g/mol. The van der Waals surface area contributed by atoms with Crippen LogP contribution in [-0.4, -0.2) is 33.8 Å². The van der Waals surface area contributed by atoms with Gasteiger partial charge in [-0.25, -0.2) is 18.6 Å². The number of aromatic carboxylic acids is 1. The van der Waals surface area contributed by atoms with E-state index in [1.54, 1.807) is 14.0 Å². The molecule has 32 heavy (non-hydrogen) atoms. The summed E-state index contributed by atoms with van der Waals surface area (Å²) in [6.45, 7) is 2.86. The number of nitrogens with zero attached hydrogens (tertiary/aromatic N) is 2. The molecule has 0 saturated carbocycles. The maximum Gasteiger partial charge on any atom is 0.337 e. The van der Waals surface area contributed by atoms with Crippen molar-refractivity contribution in [2.75, 3.05) is 18.5 Å². The second kappa shape index (κ2) is 8.66. The maximum atomic E-state index is 14.5. The summed E-state index contributed by atoms with van der Waals surface area (Å²) in [6.07, 6.45) is 1.46. The minimum Gasteiger partial charge on any atom is -0.478 e. The van der Waals surface area contributed by atoms with Crippen molar-refractivity contribution in [3.8, 4) is 0 Å². The lowest BCUT2D eigenvalue weighted by Crippen LogP contribution is -2.27. The van der Waals surface area contributed by atoms with Gasteiger partial charge in [-0.15, -0.1) is 0 Å². The van der Waals surface area contributed by atoms with E-state index < -0.39 is 23.6 Å². The molecule has 1 atom stereocenters. The van der Waals surface area contributed by atoms with Crippen molar-refractivity contribution in [3.63, 3.8) is 0 Å². The smallest absolute Gasteiger partial charge is 0.337 e. The third-order valence-corrected chi connectivity index (χ3v) is 5.85. The van der Waals surface area contributed by atoms with Crippen molar-refractivity contribution in [1.82, 2.24) is 9.55 Å². The molecule has 2 N–H and O–H groups in total. The van der Waals surface area contributed by atoms with Gasteiger partial charge in [-0.3, -0.25) is 9.36 Å². The van der Waals surface area contributed by atoms with Gasteiger partial charge in [0.15, 0.2) is 0 Å². The van der Waals surface area contributed by atoms with E-state index in [4.69, 9.17) is 9.72 Å². The van der Waals surface area contributed by atoms with Gasteiger partial charge in [0.05, 0.1) is 22.5 Å². The first kappa shape index (κ1) is 21.9. The molecule has 1 fully saturated rings. The van der Waals surface area contributed by atoms with Crippen LogP contribution >= 0.6 is 0 Å². The Balaban J connectivity index is 1.82. The molecule has 1 aromatic heterocycles. The van der Waals surface area contributed by atoms with Gasteiger partial charge in [-0.2, -0.15) is 0 Å². The minimum atomic E-state index is -1.29. The van der Waals surface area contributed by atoms with E-state index in [9.17, 15) is 23.5 Å². The molecular weight excluding hydrogens is 420 g/mol. The van der Waals surface area contributed by atoms with Gasteiger partial charge in [0.25, 0.3) is 5.56 Å². The molecule has 2 heterocycles. The van der Waals surface area contributed by atoms with Gasteiger partial charge < -0.3 is 15.2 Å². The highest BCUT2D eigenvalue weighted by Crippen LogP contribution is 2.30. The quantitative estimate of drug-likeness (QED) is 0.620. The number of carboxylic acids is 1. The van der Waals surface area contributed by atoms with Gasteiger partial charge in [-0.05, 0) is 50.1 Å². The normalized spacial score (nSPS) is 15.6. The van der Waals surface area contributed by atoms with E-state index in [0.717, 1.165) is 31.0 Å². The highest BCUT2D eigenvalue weighted by molar-refractivity contribution is 5.94. The molecule has 168 valence electrons. The van der Waals surface area contributed by atoms with Gasteiger partial charge >= 0.3 is 5.97 Å². The third kappa shape index (κ3) is 4.08. The van der Waals surface area contributed by atoms with Crippen LogP contribution in [0.4, 0.5) is 14.5 Å². The van der Waals surface area contributed by atoms with Crippen LogP contribution in [0, 0.1) is 11.6 Å². The molecule has 0 bridgehead atoms. The second-order valence-electron chi connectivity index (χ2n) is 7.97. The first-order valence-electron chi connectivity index (χ1n) is 10.3. The Morgan fingerprint density at radius 1 is 1.22 bits per heavy atom. The number of carbonyl (C=O) groups is 1. The maximum absolute atomic E-state index is 14.5. The van der Waals surface area contributed by atoms with Crippen molar-refractivity contribution in [2.24, 2.45) is 7.05 Å². The molecule has 4 rings (SSSR count). The lowest BCUT2D eigenvalue weighted by atomic mass is 9.98. The number of fused-ring (bicyclic) bond motifs is 1. The van der Waals surface area contributed by atoms with Crippen molar-refractivity contribution >= 4 is 22.6 Å². The lowest BCUT2D eigenvalue weighted by Gasteiger charge is -2.24. The molecular formula is C23H23F2N3O4. The molecule has 0 spiro atoms. The Hall–Kier alpha value is -3.33. The van der Waals surface area contributed by atoms with Crippen molar-refractivity contribution in [3.05, 3.63) is 69.3 Å². The van der Waals surface area contributed by atoms with Crippen molar-refractivity contribution in [1.29, 1.82) is 0 Å². The number of nitrogens with one attached hydrogen (secondary N) is 1. The summed E-state index contributed by atoms with van der Waals surface area (Å²) in [5.41, 5.74) is 0.348. The number of rotatable bonds is 5. The highest BCUT2D eigenvalue weighted by atomic mass is 19.1. The van der Waals surface area contributed by atoms with E-state index in [-0.39, 0.29) is 28.1 Å². The predicted octanol–water partition coefficient (Wildman–Crippen LogP) is 3.98. The Kier molecular flexibility index (Phi) is 5.92. The van der Waals surface area contributed by atoms with Crippen molar-refractivity contribution in [2.45, 2.75) is 31.7 Å². The topological polar surface area (TPSA) is 93.5 Å². The Bertz CT molecular complexity index is 1250. The summed E-state index contributed by atoms with van der Waals surface area (Å²) in [7, 11) is 1.63. The molecule has 2 aromatic carbocycles. The minimum absolute atomic E-state index is 0.0442. The fourth-order valence-corrected chi connectivity index (χ4v) is 4.16. The van der Waals surface area contributed by atoms with E-state index >= 15 is 0 Å². The summed E-state index contributed by atoms with van der Waals surface area (Å²) in [4.78, 5) is 29.3. The van der Waals surface area contributed by atoms with Gasteiger partial charge in [-0.1, -0.05) is 0 Å². The Morgan fingerprint density at radius 2 is 1.94 bits per heavy atom. The lowest BCUT2D eigenvalue weighted by molar-refractivity contribution is 0.0697. The zero-order valence-electron chi connectivity index (χ0n) is 17.7. The van der Waals surface area contributed by atoms with Crippen LogP contribution in [-0.2, 0) is 11.8 Å². The van der Waals surface area contributed by atoms with Gasteiger partial charge in [0.1, 0.15) is 17.5 Å². The molecule has 7 nitrogen and oxygen atoms in total. The Morgan fingerprint density at radius 3 is 2.62 bits per heavy atom. The van der Waals surface area contributed by atoms with Gasteiger partial charge in [0.2, 0.25) is 0 Å². The largest absolute Gasteiger partial charge is 0.478 e. The molecule has 1 aliphatic rings. The number of carboxylic acid groups (broad SMARTS) is 1. The average Bonchev–Trinajstić information content (AvgIpc) is 2.77. The van der Waals surface area contributed by atoms with Gasteiger partial charge in [0, 0.05) is 37.4 Å².